The van der Waals surface area contributed by atoms with E-state index in [1.54, 1.807) is 0 Å². The quantitative estimate of drug-likeness (QED) is 0.177. The molecule has 1 saturated heterocycles. The number of nitrogens with two attached hydrogens (primary N) is 1. The van der Waals surface area contributed by atoms with E-state index in [-0.39, 0.29) is 23.1 Å². The van der Waals surface area contributed by atoms with Crippen LogP contribution in [0.2, 0.25) is 0 Å². The zero-order valence-corrected chi connectivity index (χ0v) is 11.3. The van der Waals surface area contributed by atoms with E-state index >= 15 is 0 Å². The van der Waals surface area contributed by atoms with Gasteiger partial charge in [-0.25, -0.2) is 0 Å². The molecule has 1 aliphatic rings. The summed E-state index contributed by atoms with van der Waals surface area (Å²) in [7, 11) is -5.17. The van der Waals surface area contributed by atoms with Crippen molar-refractivity contribution in [2.24, 2.45) is 5.73 Å². The predicted octanol–water partition coefficient (Wildman–Crippen LogP) is -4.97. The minimum absolute atomic E-state index is 0. The molecule has 12 heteroatoms. The van der Waals surface area contributed by atoms with Crippen molar-refractivity contribution in [1.82, 2.24) is 0 Å². The van der Waals surface area contributed by atoms with Gasteiger partial charge in [-0.1, -0.05) is 0 Å². The molecule has 0 bridgehead atoms. The fraction of sp³-hybridized carbons (Fsp3) is 1.00. The molecule has 1 fully saturated rings. The van der Waals surface area contributed by atoms with Gasteiger partial charge < -0.3 is 40.0 Å². The van der Waals surface area contributed by atoms with Gasteiger partial charge in [0.05, 0.1) is 12.6 Å². The van der Waals surface area contributed by atoms with E-state index in [2.05, 4.69) is 0 Å². The van der Waals surface area contributed by atoms with E-state index < -0.39 is 47.6 Å². The molecule has 1 aliphatic heterocycles. The van der Waals surface area contributed by atoms with Crippen LogP contribution in [0.25, 0.3) is 0 Å². The second-order valence-electron chi connectivity index (χ2n) is 3.21. The van der Waals surface area contributed by atoms with Crippen molar-refractivity contribution >= 4 is 33.5 Å². The molecule has 0 aromatic heterocycles. The molecule has 0 amide bonds. The monoisotopic (exact) mass is 299 g/mol. The zero-order chi connectivity index (χ0) is 13.8. The second-order valence-corrected chi connectivity index (χ2v) is 4.03. The number of ether oxygens (including phenoxy) is 1. The van der Waals surface area contributed by atoms with E-state index in [0.717, 1.165) is 0 Å². The average molecular weight is 300 g/mol. The van der Waals surface area contributed by atoms with Gasteiger partial charge in [0.1, 0.15) is 18.3 Å². The Balaban J connectivity index is 0. The van der Waals surface area contributed by atoms with Gasteiger partial charge in [0, 0.05) is 10.4 Å². The molecule has 18 heavy (non-hydrogen) atoms. The van der Waals surface area contributed by atoms with Gasteiger partial charge in [0.2, 0.25) is 0 Å². The van der Waals surface area contributed by atoms with Crippen LogP contribution in [0.1, 0.15) is 0 Å². The van der Waals surface area contributed by atoms with Crippen molar-refractivity contribution in [1.29, 1.82) is 0 Å². The topological polar surface area (TPSA) is 196 Å². The molecular formula is C6H13MgNO9S. The predicted molar refractivity (Wildman–Crippen MR) is 54.2 cm³/mol. The molecular weight excluding hydrogens is 286 g/mol. The Kier molecular flexibility index (Phi) is 9.83. The Bertz CT molecular complexity index is 312. The smallest absolute Gasteiger partial charge is 0.759 e. The first-order valence-corrected chi connectivity index (χ1v) is 5.64. The average Bonchev–Trinajstić information content (AvgIpc) is 2.18. The van der Waals surface area contributed by atoms with Crippen molar-refractivity contribution in [2.45, 2.75) is 30.6 Å². The van der Waals surface area contributed by atoms with Crippen LogP contribution in [0.5, 0.6) is 0 Å². The first-order chi connectivity index (χ1) is 7.57. The molecule has 0 radical (unpaired) electrons. The third-order valence-electron chi connectivity index (χ3n) is 1.95. The van der Waals surface area contributed by atoms with Crippen LogP contribution < -0.4 is 5.73 Å². The maximum Gasteiger partial charge on any atom is 2.00 e. The summed E-state index contributed by atoms with van der Waals surface area (Å²) in [5.74, 6) is 0. The van der Waals surface area contributed by atoms with Crippen molar-refractivity contribution < 1.29 is 42.7 Å². The van der Waals surface area contributed by atoms with E-state index in [9.17, 15) is 10.2 Å². The van der Waals surface area contributed by atoms with Crippen LogP contribution in [0.3, 0.4) is 0 Å². The maximum atomic E-state index is 9.20. The minimum atomic E-state index is -5.17. The van der Waals surface area contributed by atoms with Gasteiger partial charge in [-0.05, 0) is 0 Å². The summed E-state index contributed by atoms with van der Waals surface area (Å²) in [6.45, 7) is -0.470. The summed E-state index contributed by atoms with van der Waals surface area (Å²) >= 11 is 0. The standard InChI is InChI=1S/C6H13NO5.Mg.H2O4S/c7-3-5(10)4(9)2(1-8)12-6(3)11;;1-5(2,3)4/h2-6,8-11H,1,7H2;;(H2,1,2,3,4)/q;+2;/p-2/t2-,3-,4-,5-,6?;;/m1../s1. The van der Waals surface area contributed by atoms with E-state index in [1.165, 1.54) is 0 Å². The molecule has 0 aromatic carbocycles. The Morgan fingerprint density at radius 2 is 1.56 bits per heavy atom. The van der Waals surface area contributed by atoms with E-state index in [0.29, 0.717) is 0 Å². The molecule has 1 unspecified atom stereocenters. The number of hydrogen-bond acceptors (Lipinski definition) is 10. The molecule has 1 rings (SSSR count). The van der Waals surface area contributed by atoms with Crippen molar-refractivity contribution in [3.63, 3.8) is 0 Å². The minimum Gasteiger partial charge on any atom is -0.759 e. The third kappa shape index (κ3) is 7.75. The zero-order valence-electron chi connectivity index (χ0n) is 9.12. The largest absolute Gasteiger partial charge is 2.00 e. The molecule has 0 saturated carbocycles. The molecule has 5 atom stereocenters. The number of rotatable bonds is 1. The summed E-state index contributed by atoms with van der Waals surface area (Å²) in [5.41, 5.74) is 5.26. The molecule has 0 aliphatic carbocycles. The molecule has 104 valence electrons. The number of hydrogen-bond donors (Lipinski definition) is 5. The van der Waals surface area contributed by atoms with E-state index in [4.69, 9.17) is 38.2 Å². The van der Waals surface area contributed by atoms with Crippen LogP contribution in [-0.2, 0) is 15.1 Å². The van der Waals surface area contributed by atoms with Crippen LogP contribution in [0, 0.1) is 0 Å². The summed E-state index contributed by atoms with van der Waals surface area (Å²) in [6, 6.07) is -1.04. The third-order valence-corrected chi connectivity index (χ3v) is 1.95. The van der Waals surface area contributed by atoms with Gasteiger partial charge in [-0.3, -0.25) is 8.42 Å². The van der Waals surface area contributed by atoms with Gasteiger partial charge in [-0.2, -0.15) is 0 Å². The van der Waals surface area contributed by atoms with Gasteiger partial charge in [-0.15, -0.1) is 0 Å². The van der Waals surface area contributed by atoms with Crippen molar-refractivity contribution in [3.05, 3.63) is 0 Å². The molecule has 0 aromatic rings. The van der Waals surface area contributed by atoms with Crippen LogP contribution in [-0.4, -0.2) is 98.3 Å². The summed E-state index contributed by atoms with van der Waals surface area (Å²) in [6.07, 6.45) is -4.85. The Labute approximate surface area is 119 Å². The summed E-state index contributed by atoms with van der Waals surface area (Å²) in [4.78, 5) is 0. The van der Waals surface area contributed by atoms with Crippen LogP contribution in [0.15, 0.2) is 0 Å². The number of aliphatic hydroxyl groups excluding tert-OH is 4. The molecule has 0 spiro atoms. The molecule has 10 nitrogen and oxygen atoms in total. The van der Waals surface area contributed by atoms with Crippen LogP contribution in [0.4, 0.5) is 0 Å². The molecule has 6 N–H and O–H groups in total. The Hall–Kier alpha value is 0.396. The SMILES string of the molecule is N[C@H]1C(O)O[C@H](CO)[C@@H](O)[C@@H]1O.O=S(=O)([O-])[O-].[Mg+2]. The maximum absolute atomic E-state index is 9.20. The van der Waals surface area contributed by atoms with Crippen molar-refractivity contribution in [2.75, 3.05) is 6.61 Å². The first kappa shape index (κ1) is 20.7. The fourth-order valence-electron chi connectivity index (χ4n) is 1.12. The van der Waals surface area contributed by atoms with Gasteiger partial charge in [0.25, 0.3) is 0 Å². The Morgan fingerprint density at radius 1 is 1.17 bits per heavy atom. The summed E-state index contributed by atoms with van der Waals surface area (Å²) in [5, 5.41) is 36.1. The molecule has 1 heterocycles. The Morgan fingerprint density at radius 3 is 1.89 bits per heavy atom. The second kappa shape index (κ2) is 8.54. The number of aliphatic hydroxyl groups is 4. The van der Waals surface area contributed by atoms with E-state index in [1.807, 2.05) is 0 Å². The first-order valence-electron chi connectivity index (χ1n) is 4.30. The van der Waals surface area contributed by atoms with Gasteiger partial charge >= 0.3 is 23.1 Å². The fourth-order valence-corrected chi connectivity index (χ4v) is 1.12. The van der Waals surface area contributed by atoms with Gasteiger partial charge in [0.15, 0.2) is 6.29 Å². The van der Waals surface area contributed by atoms with Crippen molar-refractivity contribution in [3.8, 4) is 0 Å². The summed E-state index contributed by atoms with van der Waals surface area (Å²) < 4.78 is 38.8. The van der Waals surface area contributed by atoms with Crippen LogP contribution >= 0.6 is 0 Å². The normalized spacial score (nSPS) is 36.1.